The third-order valence-corrected chi connectivity index (χ3v) is 9.18. The first-order chi connectivity index (χ1) is 17.5. The maximum absolute atomic E-state index is 10.0. The zero-order valence-electron chi connectivity index (χ0n) is 23.2. The van der Waals surface area contributed by atoms with Crippen LogP contribution in [0.5, 0.6) is 17.2 Å². The van der Waals surface area contributed by atoms with Crippen molar-refractivity contribution in [2.45, 2.75) is 95.6 Å². The molecule has 4 atom stereocenters. The van der Waals surface area contributed by atoms with E-state index in [1.807, 2.05) is 6.07 Å². The van der Waals surface area contributed by atoms with Crippen LogP contribution in [0.25, 0.3) is 0 Å². The number of nitrogens with one attached hydrogen (secondary N) is 1. The van der Waals surface area contributed by atoms with Crippen LogP contribution in [0.3, 0.4) is 0 Å². The number of methoxy groups -OCH3 is 1. The van der Waals surface area contributed by atoms with Gasteiger partial charge >= 0.3 is 0 Å². The van der Waals surface area contributed by atoms with Crippen LogP contribution in [0.4, 0.5) is 0 Å². The van der Waals surface area contributed by atoms with Crippen LogP contribution in [0.2, 0.25) is 0 Å². The zero-order valence-corrected chi connectivity index (χ0v) is 25.7. The van der Waals surface area contributed by atoms with Crippen LogP contribution >= 0.6 is 29.4 Å². The van der Waals surface area contributed by atoms with Crippen LogP contribution < -0.4 is 10.1 Å². The molecule has 2 aromatic carbocycles. The minimum Gasteiger partial charge on any atom is -0.504 e. The minimum atomic E-state index is 0. The van der Waals surface area contributed by atoms with E-state index < -0.39 is 0 Å². The first-order valence-electron chi connectivity index (χ1n) is 14.2. The monoisotopic (exact) mass is 608 g/mol. The molecule has 2 aromatic rings. The van der Waals surface area contributed by atoms with E-state index in [-0.39, 0.29) is 40.9 Å². The molecule has 2 aliphatic heterocycles. The standard InChI is InChI=1S/C16H23NO2.C15H21NO.BrH.ClH/c1-2-9-17-10-3-4-12-11-6-8-15(18)16(19)13(11)5-7-14(12)17;1-10-5-6-11-12-4-3-9-16-14(12)8-7-13(11)15(10)17-2;;/h6,8,12,14,18-19H,2-5,7,9-10H2,1H3;5-6,12,14,16H,3-4,7-9H2,1-2H3;2*1H/t2*12-,14+;;/m11../s1. The SMILES string of the molecule is Br.CCCN1CCC[C@@H]2c3ccc(O)c(O)c3CC[C@@H]21.COc1c(C)ccc2c1CC[C@@H]1NCCC[C@H]21.Cl. The molecule has 212 valence electrons. The molecule has 2 heterocycles. The predicted octanol–water partition coefficient (Wildman–Crippen LogP) is 6.79. The molecule has 0 aromatic heterocycles. The predicted molar refractivity (Wildman–Crippen MR) is 163 cm³/mol. The molecule has 7 heteroatoms. The lowest BCUT2D eigenvalue weighted by molar-refractivity contribution is 0.112. The molecule has 2 saturated heterocycles. The van der Waals surface area contributed by atoms with Crippen molar-refractivity contribution in [2.75, 3.05) is 26.7 Å². The Bertz CT molecular complexity index is 1080. The first-order valence-corrected chi connectivity index (χ1v) is 14.2. The molecule has 0 saturated carbocycles. The number of nitrogens with zero attached hydrogens (tertiary/aromatic N) is 1. The number of rotatable bonds is 3. The summed E-state index contributed by atoms with van der Waals surface area (Å²) in [5.74, 6) is 2.52. The van der Waals surface area contributed by atoms with E-state index in [1.54, 1.807) is 13.2 Å². The lowest BCUT2D eigenvalue weighted by atomic mass is 9.74. The lowest BCUT2D eigenvalue weighted by Gasteiger charge is -2.45. The van der Waals surface area contributed by atoms with E-state index in [1.165, 1.54) is 80.4 Å². The van der Waals surface area contributed by atoms with Crippen molar-refractivity contribution in [3.8, 4) is 17.2 Å². The summed E-state index contributed by atoms with van der Waals surface area (Å²) in [6.07, 6.45) is 10.7. The molecular formula is C31H46BrClN2O3. The van der Waals surface area contributed by atoms with Crippen molar-refractivity contribution < 1.29 is 14.9 Å². The van der Waals surface area contributed by atoms with Gasteiger partial charge in [-0.25, -0.2) is 0 Å². The largest absolute Gasteiger partial charge is 0.504 e. The molecule has 0 radical (unpaired) electrons. The van der Waals surface area contributed by atoms with Crippen molar-refractivity contribution in [1.82, 2.24) is 10.2 Å². The second-order valence-electron chi connectivity index (χ2n) is 11.2. The Balaban J connectivity index is 0.000000201. The Morgan fingerprint density at radius 1 is 0.947 bits per heavy atom. The number of phenolic OH excluding ortho intramolecular Hbond substituents is 2. The van der Waals surface area contributed by atoms with Gasteiger partial charge in [-0.15, -0.1) is 29.4 Å². The molecule has 4 aliphatic rings. The second kappa shape index (κ2) is 13.7. The van der Waals surface area contributed by atoms with Gasteiger partial charge in [-0.3, -0.25) is 4.90 Å². The molecule has 38 heavy (non-hydrogen) atoms. The summed E-state index contributed by atoms with van der Waals surface area (Å²) in [6.45, 7) is 7.98. The number of aromatic hydroxyl groups is 2. The van der Waals surface area contributed by atoms with Crippen molar-refractivity contribution >= 4 is 29.4 Å². The summed E-state index contributed by atoms with van der Waals surface area (Å²) in [7, 11) is 1.80. The Morgan fingerprint density at radius 2 is 1.66 bits per heavy atom. The van der Waals surface area contributed by atoms with Gasteiger partial charge in [0.1, 0.15) is 5.75 Å². The Hall–Kier alpha value is -1.47. The first kappa shape index (κ1) is 31.1. The van der Waals surface area contributed by atoms with Crippen LogP contribution in [-0.4, -0.2) is 53.9 Å². The van der Waals surface area contributed by atoms with Gasteiger partial charge in [0.2, 0.25) is 0 Å². The van der Waals surface area contributed by atoms with E-state index >= 15 is 0 Å². The second-order valence-corrected chi connectivity index (χ2v) is 11.2. The van der Waals surface area contributed by atoms with Gasteiger partial charge in [-0.2, -0.15) is 0 Å². The molecular weight excluding hydrogens is 564 g/mol. The molecule has 0 unspecified atom stereocenters. The van der Waals surface area contributed by atoms with Crippen molar-refractivity contribution in [2.24, 2.45) is 0 Å². The van der Waals surface area contributed by atoms with Crippen molar-refractivity contribution in [1.29, 1.82) is 0 Å². The topological polar surface area (TPSA) is 65.0 Å². The summed E-state index contributed by atoms with van der Waals surface area (Å²) in [5.41, 5.74) is 6.54. The van der Waals surface area contributed by atoms with E-state index in [2.05, 4.69) is 36.2 Å². The summed E-state index contributed by atoms with van der Waals surface area (Å²) in [6, 6.07) is 9.55. The highest BCUT2D eigenvalue weighted by molar-refractivity contribution is 8.93. The minimum absolute atomic E-state index is 0. The number of hydrogen-bond acceptors (Lipinski definition) is 5. The highest BCUT2D eigenvalue weighted by Crippen LogP contribution is 2.46. The van der Waals surface area contributed by atoms with E-state index in [9.17, 15) is 10.2 Å². The molecule has 5 nitrogen and oxygen atoms in total. The molecule has 2 fully saturated rings. The van der Waals surface area contributed by atoms with Gasteiger partial charge in [0.05, 0.1) is 7.11 Å². The average Bonchev–Trinajstić information content (AvgIpc) is 2.91. The summed E-state index contributed by atoms with van der Waals surface area (Å²) in [4.78, 5) is 2.63. The maximum Gasteiger partial charge on any atom is 0.160 e. The van der Waals surface area contributed by atoms with E-state index in [4.69, 9.17) is 4.74 Å². The highest BCUT2D eigenvalue weighted by atomic mass is 79.9. The van der Waals surface area contributed by atoms with E-state index in [0.29, 0.717) is 23.9 Å². The molecule has 2 aliphatic carbocycles. The summed E-state index contributed by atoms with van der Waals surface area (Å²) in [5, 5.41) is 23.4. The average molecular weight is 610 g/mol. The van der Waals surface area contributed by atoms with Crippen LogP contribution in [0.1, 0.15) is 91.5 Å². The number of aryl methyl sites for hydroxylation is 1. The maximum atomic E-state index is 10.0. The number of fused-ring (bicyclic) bond motifs is 6. The van der Waals surface area contributed by atoms with Gasteiger partial charge in [-0.05, 0) is 125 Å². The molecule has 6 rings (SSSR count). The third-order valence-electron chi connectivity index (χ3n) is 9.18. The number of ether oxygens (including phenoxy) is 1. The van der Waals surface area contributed by atoms with Crippen molar-refractivity contribution in [3.05, 3.63) is 52.1 Å². The number of hydrogen-bond donors (Lipinski definition) is 3. The molecule has 3 N–H and O–H groups in total. The van der Waals surface area contributed by atoms with Crippen LogP contribution in [0, 0.1) is 6.92 Å². The van der Waals surface area contributed by atoms with Gasteiger partial charge in [0.25, 0.3) is 0 Å². The van der Waals surface area contributed by atoms with E-state index in [0.717, 1.165) is 30.6 Å². The zero-order chi connectivity index (χ0) is 25.2. The van der Waals surface area contributed by atoms with Crippen molar-refractivity contribution in [3.63, 3.8) is 0 Å². The van der Waals surface area contributed by atoms with Gasteiger partial charge in [0, 0.05) is 17.6 Å². The molecule has 0 amide bonds. The van der Waals surface area contributed by atoms with Crippen LogP contribution in [-0.2, 0) is 12.8 Å². The number of likely N-dealkylation sites (tertiary alicyclic amines) is 1. The number of phenols is 2. The fraction of sp³-hybridized carbons (Fsp3) is 0.613. The highest BCUT2D eigenvalue weighted by Gasteiger charge is 2.37. The Morgan fingerprint density at radius 3 is 2.42 bits per heavy atom. The third kappa shape index (κ3) is 5.99. The normalized spacial score (nSPS) is 25.6. The summed E-state index contributed by atoms with van der Waals surface area (Å²) >= 11 is 0. The number of piperidine rings is 2. The number of benzene rings is 2. The number of halogens is 2. The molecule has 0 bridgehead atoms. The summed E-state index contributed by atoms with van der Waals surface area (Å²) < 4.78 is 5.60. The van der Waals surface area contributed by atoms with Crippen LogP contribution in [0.15, 0.2) is 24.3 Å². The molecule has 0 spiro atoms. The quantitative estimate of drug-likeness (QED) is 0.335. The lowest BCUT2D eigenvalue weighted by Crippen LogP contribution is -2.46. The fourth-order valence-corrected chi connectivity index (χ4v) is 7.56. The Kier molecular flexibility index (Phi) is 11.2. The smallest absolute Gasteiger partial charge is 0.160 e. The fourth-order valence-electron chi connectivity index (χ4n) is 7.56. The van der Waals surface area contributed by atoms with Gasteiger partial charge in [-0.1, -0.05) is 25.1 Å². The van der Waals surface area contributed by atoms with Gasteiger partial charge < -0.3 is 20.3 Å². The Labute approximate surface area is 245 Å². The van der Waals surface area contributed by atoms with Gasteiger partial charge in [0.15, 0.2) is 11.5 Å².